The fraction of sp³-hybridized carbons (Fsp3) is 0.200. The summed E-state index contributed by atoms with van der Waals surface area (Å²) >= 11 is 5.13. The smallest absolute Gasteiger partial charge is 0.127 e. The van der Waals surface area contributed by atoms with Crippen LogP contribution in [0.1, 0.15) is 5.56 Å². The molecule has 0 bridgehead atoms. The molecule has 0 heterocycles. The van der Waals surface area contributed by atoms with Crippen LogP contribution in [0.25, 0.3) is 11.1 Å². The van der Waals surface area contributed by atoms with E-state index in [4.69, 9.17) is 11.2 Å². The third-order valence-corrected chi connectivity index (χ3v) is 4.10. The van der Waals surface area contributed by atoms with Crippen LogP contribution in [0.5, 0.6) is 0 Å². The predicted octanol–water partition coefficient (Wildman–Crippen LogP) is 3.75. The Bertz CT molecular complexity index is 550. The highest BCUT2D eigenvalue weighted by Crippen LogP contribution is 2.21. The first kappa shape index (κ1) is 13.4. The molecule has 0 aliphatic rings. The van der Waals surface area contributed by atoms with Gasteiger partial charge < -0.3 is 0 Å². The molecule has 2 aromatic rings. The van der Waals surface area contributed by atoms with E-state index in [1.807, 2.05) is 48.7 Å². The van der Waals surface area contributed by atoms with Gasteiger partial charge in [-0.1, -0.05) is 53.7 Å². The largest absolute Gasteiger partial charge is 0.207 e. The quantitative estimate of drug-likeness (QED) is 0.821. The lowest BCUT2D eigenvalue weighted by Crippen LogP contribution is -2.00. The standard InChI is InChI=1S/C15H15FS2/c1-18(17)10-9-13-7-8-14(11-15(13)16)12-5-3-2-4-6-12/h2-8,11H,9-10H2,1H3. The summed E-state index contributed by atoms with van der Waals surface area (Å²) in [7, 11) is -0.0490. The second-order valence-electron chi connectivity index (χ2n) is 4.20. The van der Waals surface area contributed by atoms with Crippen molar-refractivity contribution in [3.05, 3.63) is 59.9 Å². The molecule has 94 valence electrons. The Hall–Kier alpha value is -1.06. The molecule has 1 unspecified atom stereocenters. The molecule has 1 atom stereocenters. The van der Waals surface area contributed by atoms with E-state index in [1.165, 1.54) is 0 Å². The van der Waals surface area contributed by atoms with Gasteiger partial charge in [-0.05, 0) is 35.4 Å². The van der Waals surface area contributed by atoms with Gasteiger partial charge in [-0.3, -0.25) is 0 Å². The molecule has 0 nitrogen and oxygen atoms in total. The van der Waals surface area contributed by atoms with Gasteiger partial charge >= 0.3 is 0 Å². The Morgan fingerprint density at radius 1 is 1.06 bits per heavy atom. The zero-order valence-electron chi connectivity index (χ0n) is 10.2. The van der Waals surface area contributed by atoms with Crippen molar-refractivity contribution < 1.29 is 4.39 Å². The summed E-state index contributed by atoms with van der Waals surface area (Å²) in [6.07, 6.45) is 2.73. The zero-order chi connectivity index (χ0) is 13.0. The van der Waals surface area contributed by atoms with Gasteiger partial charge in [-0.15, -0.1) is 9.45 Å². The van der Waals surface area contributed by atoms with Crippen LogP contribution in [0, 0.1) is 5.82 Å². The molecule has 0 aromatic heterocycles. The van der Waals surface area contributed by atoms with Crippen LogP contribution in [0.15, 0.2) is 48.5 Å². The second kappa shape index (κ2) is 6.21. The number of benzene rings is 2. The Morgan fingerprint density at radius 3 is 2.39 bits per heavy atom. The summed E-state index contributed by atoms with van der Waals surface area (Å²) in [6, 6.07) is 15.3. The predicted molar refractivity (Wildman–Crippen MR) is 81.1 cm³/mol. The lowest BCUT2D eigenvalue weighted by Gasteiger charge is -2.06. The van der Waals surface area contributed by atoms with Crippen LogP contribution < -0.4 is 0 Å². The molecule has 0 aliphatic carbocycles. The average Bonchev–Trinajstić information content (AvgIpc) is 2.38. The number of hydrogen-bond donors (Lipinski definition) is 0. The topological polar surface area (TPSA) is 0 Å². The second-order valence-corrected chi connectivity index (χ2v) is 7.46. The molecule has 2 aromatic carbocycles. The Labute approximate surface area is 114 Å². The summed E-state index contributed by atoms with van der Waals surface area (Å²) in [5, 5.41) is 0. The SMILES string of the molecule is CS(=S)CCc1ccc(-c2ccccc2)cc1F. The Balaban J connectivity index is 2.22. The van der Waals surface area contributed by atoms with Crippen molar-refractivity contribution in [1.29, 1.82) is 0 Å². The fourth-order valence-corrected chi connectivity index (χ4v) is 2.57. The highest BCUT2D eigenvalue weighted by molar-refractivity contribution is 8.28. The Morgan fingerprint density at radius 2 is 1.78 bits per heavy atom. The molecule has 0 amide bonds. The van der Waals surface area contributed by atoms with Crippen molar-refractivity contribution in [2.75, 3.05) is 12.0 Å². The van der Waals surface area contributed by atoms with Gasteiger partial charge in [0.25, 0.3) is 0 Å². The van der Waals surface area contributed by atoms with E-state index in [2.05, 4.69) is 0 Å². The van der Waals surface area contributed by atoms with Crippen molar-refractivity contribution in [3.63, 3.8) is 0 Å². The normalized spacial score (nSPS) is 12.3. The van der Waals surface area contributed by atoms with Crippen molar-refractivity contribution in [2.45, 2.75) is 6.42 Å². The monoisotopic (exact) mass is 278 g/mol. The van der Waals surface area contributed by atoms with E-state index >= 15 is 0 Å². The molecular weight excluding hydrogens is 263 g/mol. The van der Waals surface area contributed by atoms with E-state index < -0.39 is 0 Å². The Kier molecular flexibility index (Phi) is 4.61. The van der Waals surface area contributed by atoms with Gasteiger partial charge in [-0.25, -0.2) is 4.39 Å². The summed E-state index contributed by atoms with van der Waals surface area (Å²) in [4.78, 5) is 0. The highest BCUT2D eigenvalue weighted by atomic mass is 32.8. The van der Waals surface area contributed by atoms with Crippen molar-refractivity contribution >= 4 is 20.6 Å². The molecule has 0 spiro atoms. The first-order valence-corrected chi connectivity index (χ1v) is 8.53. The number of rotatable bonds is 4. The zero-order valence-corrected chi connectivity index (χ0v) is 11.9. The van der Waals surface area contributed by atoms with Gasteiger partial charge in [-0.2, -0.15) is 0 Å². The van der Waals surface area contributed by atoms with E-state index in [-0.39, 0.29) is 15.3 Å². The summed E-state index contributed by atoms with van der Waals surface area (Å²) in [5.74, 6) is 0.744. The summed E-state index contributed by atoms with van der Waals surface area (Å²) in [5.41, 5.74) is 2.73. The minimum absolute atomic E-state index is 0.0490. The van der Waals surface area contributed by atoms with Gasteiger partial charge in [0.1, 0.15) is 5.82 Å². The molecule has 0 N–H and O–H groups in total. The van der Waals surface area contributed by atoms with Crippen LogP contribution in [0.4, 0.5) is 4.39 Å². The molecular formula is C15H15FS2. The van der Waals surface area contributed by atoms with Crippen LogP contribution >= 0.6 is 0 Å². The highest BCUT2D eigenvalue weighted by Gasteiger charge is 2.05. The molecule has 18 heavy (non-hydrogen) atoms. The maximum Gasteiger partial charge on any atom is 0.127 e. The molecule has 0 aliphatic heterocycles. The van der Waals surface area contributed by atoms with Crippen LogP contribution in [-0.2, 0) is 27.1 Å². The maximum absolute atomic E-state index is 14.0. The molecule has 0 radical (unpaired) electrons. The van der Waals surface area contributed by atoms with Gasteiger partial charge in [0.15, 0.2) is 0 Å². The number of hydrogen-bond acceptors (Lipinski definition) is 1. The third kappa shape index (κ3) is 3.47. The van der Waals surface area contributed by atoms with Crippen LogP contribution in [0.3, 0.4) is 0 Å². The molecule has 3 heteroatoms. The van der Waals surface area contributed by atoms with E-state index in [1.54, 1.807) is 6.07 Å². The first-order chi connectivity index (χ1) is 8.66. The van der Waals surface area contributed by atoms with Crippen LogP contribution in [-0.4, -0.2) is 12.0 Å². The van der Waals surface area contributed by atoms with E-state index in [0.29, 0.717) is 0 Å². The number of halogens is 1. The lowest BCUT2D eigenvalue weighted by molar-refractivity contribution is 0.613. The minimum Gasteiger partial charge on any atom is -0.207 e. The third-order valence-electron chi connectivity index (χ3n) is 2.82. The lowest BCUT2D eigenvalue weighted by atomic mass is 10.0. The molecule has 0 saturated heterocycles. The van der Waals surface area contributed by atoms with E-state index in [9.17, 15) is 4.39 Å². The summed E-state index contributed by atoms with van der Waals surface area (Å²) < 4.78 is 14.0. The van der Waals surface area contributed by atoms with Crippen molar-refractivity contribution in [3.8, 4) is 11.1 Å². The fourth-order valence-electron chi connectivity index (χ4n) is 1.81. The summed E-state index contributed by atoms with van der Waals surface area (Å²) in [6.45, 7) is 0. The first-order valence-electron chi connectivity index (χ1n) is 5.80. The van der Waals surface area contributed by atoms with Gasteiger partial charge in [0.2, 0.25) is 0 Å². The number of aryl methyl sites for hydroxylation is 1. The van der Waals surface area contributed by atoms with Gasteiger partial charge in [0.05, 0.1) is 0 Å². The van der Waals surface area contributed by atoms with Crippen molar-refractivity contribution in [1.82, 2.24) is 0 Å². The molecule has 0 saturated carbocycles. The van der Waals surface area contributed by atoms with Gasteiger partial charge in [0, 0.05) is 5.75 Å². The van der Waals surface area contributed by atoms with E-state index in [0.717, 1.165) is 28.9 Å². The minimum atomic E-state index is -0.128. The van der Waals surface area contributed by atoms with Crippen molar-refractivity contribution in [2.24, 2.45) is 0 Å². The molecule has 0 fully saturated rings. The average molecular weight is 278 g/mol. The molecule has 2 rings (SSSR count). The van der Waals surface area contributed by atoms with Crippen LogP contribution in [0.2, 0.25) is 0 Å². The maximum atomic E-state index is 14.0.